The Hall–Kier alpha value is -3.69. The molecule has 0 radical (unpaired) electrons. The van der Waals surface area contributed by atoms with Crippen LogP contribution in [0.2, 0.25) is 0 Å². The van der Waals surface area contributed by atoms with Crippen LogP contribution in [-0.2, 0) is 11.3 Å². The van der Waals surface area contributed by atoms with Crippen molar-refractivity contribution in [1.29, 1.82) is 0 Å². The first-order valence-electron chi connectivity index (χ1n) is 11.9. The van der Waals surface area contributed by atoms with E-state index in [-0.39, 0.29) is 12.8 Å². The Kier molecular flexibility index (Phi) is 5.71. The molecule has 1 atom stereocenters. The monoisotopic (exact) mass is 472 g/mol. The van der Waals surface area contributed by atoms with Gasteiger partial charge in [-0.05, 0) is 53.6 Å². The Labute approximate surface area is 203 Å². The summed E-state index contributed by atoms with van der Waals surface area (Å²) >= 11 is 0. The molecule has 2 aliphatic rings. The van der Waals surface area contributed by atoms with Gasteiger partial charge >= 0.3 is 0 Å². The van der Waals surface area contributed by atoms with E-state index in [1.54, 1.807) is 0 Å². The maximum Gasteiger partial charge on any atom is 0.231 e. The molecule has 0 bridgehead atoms. The summed E-state index contributed by atoms with van der Waals surface area (Å²) in [6.07, 6.45) is 0. The molecule has 0 aliphatic carbocycles. The van der Waals surface area contributed by atoms with Crippen LogP contribution in [-0.4, -0.2) is 62.8 Å². The SMILES string of the molecule is Cc1cc([C@H](c2nnnn2Cc2ccccc2)N2CCOCC2)c(C)n1-c1ccc2c(c1)OCO2. The van der Waals surface area contributed by atoms with E-state index in [0.29, 0.717) is 19.8 Å². The minimum Gasteiger partial charge on any atom is -0.454 e. The largest absolute Gasteiger partial charge is 0.454 e. The van der Waals surface area contributed by atoms with E-state index in [2.05, 4.69) is 63.1 Å². The fourth-order valence-electron chi connectivity index (χ4n) is 5.10. The number of ether oxygens (including phenoxy) is 3. The molecule has 0 N–H and O–H groups in total. The number of morpholine rings is 1. The second kappa shape index (κ2) is 9.16. The zero-order chi connectivity index (χ0) is 23.8. The highest BCUT2D eigenvalue weighted by Gasteiger charge is 2.32. The fraction of sp³-hybridized carbons (Fsp3) is 0.346. The molecule has 4 aromatic rings. The standard InChI is InChI=1S/C26H28N6O3/c1-18-14-22(19(2)32(18)21-8-9-23-24(15-21)35-17-34-23)25(30-10-12-33-13-11-30)26-27-28-29-31(26)16-20-6-4-3-5-7-20/h3-9,14-15,25H,10-13,16-17H2,1-2H3/t25-/m1/s1. The Bertz CT molecular complexity index is 1330. The van der Waals surface area contributed by atoms with Crippen LogP contribution in [0.3, 0.4) is 0 Å². The molecule has 2 aromatic carbocycles. The van der Waals surface area contributed by atoms with E-state index in [1.165, 1.54) is 5.56 Å². The smallest absolute Gasteiger partial charge is 0.231 e. The summed E-state index contributed by atoms with van der Waals surface area (Å²) in [6, 6.07) is 18.5. The zero-order valence-corrected chi connectivity index (χ0v) is 19.9. The van der Waals surface area contributed by atoms with Crippen LogP contribution < -0.4 is 9.47 Å². The Morgan fingerprint density at radius 2 is 1.74 bits per heavy atom. The van der Waals surface area contributed by atoms with Gasteiger partial charge in [-0.3, -0.25) is 4.90 Å². The van der Waals surface area contributed by atoms with E-state index in [1.807, 2.05) is 35.0 Å². The third-order valence-corrected chi connectivity index (χ3v) is 6.77. The van der Waals surface area contributed by atoms with Crippen LogP contribution >= 0.6 is 0 Å². The van der Waals surface area contributed by atoms with Crippen LogP contribution in [0.4, 0.5) is 0 Å². The van der Waals surface area contributed by atoms with Crippen molar-refractivity contribution in [1.82, 2.24) is 29.7 Å². The average molecular weight is 473 g/mol. The normalized spacial score (nSPS) is 16.5. The van der Waals surface area contributed by atoms with Gasteiger partial charge < -0.3 is 18.8 Å². The lowest BCUT2D eigenvalue weighted by atomic mass is 10.0. The van der Waals surface area contributed by atoms with Crippen LogP contribution in [0, 0.1) is 13.8 Å². The van der Waals surface area contributed by atoms with Gasteiger partial charge in [0.2, 0.25) is 6.79 Å². The molecule has 1 fully saturated rings. The van der Waals surface area contributed by atoms with Crippen LogP contribution in [0.1, 0.15) is 34.4 Å². The Morgan fingerprint density at radius 3 is 2.57 bits per heavy atom. The van der Waals surface area contributed by atoms with Gasteiger partial charge in [-0.1, -0.05) is 30.3 Å². The number of fused-ring (bicyclic) bond motifs is 1. The highest BCUT2D eigenvalue weighted by molar-refractivity contribution is 5.52. The second-order valence-electron chi connectivity index (χ2n) is 8.93. The third-order valence-electron chi connectivity index (χ3n) is 6.77. The molecular weight excluding hydrogens is 444 g/mol. The van der Waals surface area contributed by atoms with Crippen molar-refractivity contribution in [3.63, 3.8) is 0 Å². The number of rotatable bonds is 6. The first-order valence-corrected chi connectivity index (χ1v) is 11.9. The molecule has 6 rings (SSSR count). The Morgan fingerprint density at radius 1 is 0.943 bits per heavy atom. The van der Waals surface area contributed by atoms with Gasteiger partial charge in [0.05, 0.1) is 25.8 Å². The molecule has 4 heterocycles. The molecule has 2 aliphatic heterocycles. The predicted octanol–water partition coefficient (Wildman–Crippen LogP) is 3.28. The zero-order valence-electron chi connectivity index (χ0n) is 19.9. The third kappa shape index (κ3) is 4.06. The molecule has 0 unspecified atom stereocenters. The van der Waals surface area contributed by atoms with Gasteiger partial charge in [0.25, 0.3) is 0 Å². The molecule has 1 saturated heterocycles. The number of nitrogens with zero attached hydrogens (tertiary/aromatic N) is 6. The summed E-state index contributed by atoms with van der Waals surface area (Å²) in [7, 11) is 0. The van der Waals surface area contributed by atoms with Crippen LogP contribution in [0.15, 0.2) is 54.6 Å². The molecule has 9 nitrogen and oxygen atoms in total. The van der Waals surface area contributed by atoms with Gasteiger partial charge in [-0.15, -0.1) is 5.10 Å². The quantitative estimate of drug-likeness (QED) is 0.426. The van der Waals surface area contributed by atoms with Crippen molar-refractivity contribution >= 4 is 0 Å². The number of hydrogen-bond acceptors (Lipinski definition) is 7. The van der Waals surface area contributed by atoms with Crippen molar-refractivity contribution in [2.75, 3.05) is 33.1 Å². The number of tetrazole rings is 1. The molecule has 9 heteroatoms. The Balaban J connectivity index is 1.43. The highest BCUT2D eigenvalue weighted by Crippen LogP contribution is 2.37. The number of hydrogen-bond donors (Lipinski definition) is 0. The number of aromatic nitrogens is 5. The summed E-state index contributed by atoms with van der Waals surface area (Å²) in [5.41, 5.74) is 5.67. The van der Waals surface area contributed by atoms with E-state index in [0.717, 1.165) is 53.1 Å². The van der Waals surface area contributed by atoms with Gasteiger partial charge in [0.1, 0.15) is 0 Å². The second-order valence-corrected chi connectivity index (χ2v) is 8.93. The summed E-state index contributed by atoms with van der Waals surface area (Å²) in [6.45, 7) is 8.18. The van der Waals surface area contributed by atoms with Crippen LogP contribution in [0.25, 0.3) is 5.69 Å². The first-order chi connectivity index (χ1) is 17.2. The minimum absolute atomic E-state index is 0.0911. The molecule has 2 aromatic heterocycles. The summed E-state index contributed by atoms with van der Waals surface area (Å²) in [4.78, 5) is 2.42. The van der Waals surface area contributed by atoms with Gasteiger partial charge in [-0.2, -0.15) is 0 Å². The lowest BCUT2D eigenvalue weighted by Crippen LogP contribution is -2.40. The van der Waals surface area contributed by atoms with Gasteiger partial charge in [0, 0.05) is 36.2 Å². The van der Waals surface area contributed by atoms with Crippen molar-refractivity contribution in [3.8, 4) is 17.2 Å². The first kappa shape index (κ1) is 21.8. The topological polar surface area (TPSA) is 79.5 Å². The summed E-state index contributed by atoms with van der Waals surface area (Å²) in [5, 5.41) is 13.0. The number of aryl methyl sites for hydroxylation is 1. The van der Waals surface area contributed by atoms with E-state index >= 15 is 0 Å². The van der Waals surface area contributed by atoms with Crippen molar-refractivity contribution in [2.24, 2.45) is 0 Å². The molecular formula is C26H28N6O3. The highest BCUT2D eigenvalue weighted by atomic mass is 16.7. The van der Waals surface area contributed by atoms with Crippen molar-refractivity contribution in [3.05, 3.63) is 82.9 Å². The summed E-state index contributed by atoms with van der Waals surface area (Å²) in [5.74, 6) is 2.39. The van der Waals surface area contributed by atoms with Gasteiger partial charge in [-0.25, -0.2) is 4.68 Å². The molecule has 0 amide bonds. The predicted molar refractivity (Wildman–Crippen MR) is 129 cm³/mol. The van der Waals surface area contributed by atoms with Crippen molar-refractivity contribution < 1.29 is 14.2 Å². The van der Waals surface area contributed by atoms with Gasteiger partial charge in [0.15, 0.2) is 17.3 Å². The van der Waals surface area contributed by atoms with Crippen LogP contribution in [0.5, 0.6) is 11.5 Å². The number of benzene rings is 2. The molecule has 35 heavy (non-hydrogen) atoms. The van der Waals surface area contributed by atoms with Crippen molar-refractivity contribution in [2.45, 2.75) is 26.4 Å². The van der Waals surface area contributed by atoms with E-state index in [9.17, 15) is 0 Å². The minimum atomic E-state index is -0.0911. The summed E-state index contributed by atoms with van der Waals surface area (Å²) < 4.78 is 21.0. The lowest BCUT2D eigenvalue weighted by molar-refractivity contribution is 0.0215. The molecule has 180 valence electrons. The maximum absolute atomic E-state index is 5.67. The average Bonchev–Trinajstić information content (AvgIpc) is 3.60. The molecule has 0 spiro atoms. The maximum atomic E-state index is 5.67. The van der Waals surface area contributed by atoms with E-state index in [4.69, 9.17) is 14.2 Å². The fourth-order valence-corrected chi connectivity index (χ4v) is 5.10. The van der Waals surface area contributed by atoms with E-state index < -0.39 is 0 Å². The molecule has 0 saturated carbocycles. The lowest BCUT2D eigenvalue weighted by Gasteiger charge is -2.34.